The van der Waals surface area contributed by atoms with Crippen molar-refractivity contribution in [1.29, 1.82) is 0 Å². The van der Waals surface area contributed by atoms with E-state index >= 15 is 0 Å². The number of methoxy groups -OCH3 is 1. The zero-order chi connectivity index (χ0) is 18.5. The van der Waals surface area contributed by atoms with Crippen molar-refractivity contribution in [2.45, 2.75) is 26.3 Å². The summed E-state index contributed by atoms with van der Waals surface area (Å²) in [4.78, 5) is 14.5. The minimum absolute atomic E-state index is 0.136. The molecule has 2 aromatic rings. The summed E-state index contributed by atoms with van der Waals surface area (Å²) in [5.41, 5.74) is 2.14. The van der Waals surface area contributed by atoms with E-state index in [1.165, 1.54) is 0 Å². The third kappa shape index (κ3) is 4.30. The minimum atomic E-state index is 0.136. The second-order valence-electron chi connectivity index (χ2n) is 6.06. The summed E-state index contributed by atoms with van der Waals surface area (Å²) >= 11 is 3.48. The lowest BCUT2D eigenvalue weighted by Crippen LogP contribution is -2.30. The number of rotatable bonds is 7. The smallest absolute Gasteiger partial charge is 0.231 e. The fraction of sp³-hybridized carbons (Fsp3) is 0.350. The predicted molar refractivity (Wildman–Crippen MR) is 103 cm³/mol. The van der Waals surface area contributed by atoms with Gasteiger partial charge in [-0.2, -0.15) is 0 Å². The number of fused-ring (bicyclic) bond motifs is 1. The third-order valence-corrected chi connectivity index (χ3v) is 5.01. The van der Waals surface area contributed by atoms with E-state index in [-0.39, 0.29) is 12.7 Å². The molecule has 0 atom stereocenters. The Labute approximate surface area is 162 Å². The Morgan fingerprint density at radius 1 is 1.15 bits per heavy atom. The minimum Gasteiger partial charge on any atom is -0.496 e. The van der Waals surface area contributed by atoms with Crippen LogP contribution in [0.1, 0.15) is 24.5 Å². The predicted octanol–water partition coefficient (Wildman–Crippen LogP) is 4.17. The average molecular weight is 420 g/mol. The van der Waals surface area contributed by atoms with Gasteiger partial charge in [-0.3, -0.25) is 4.79 Å². The molecule has 1 heterocycles. The third-order valence-electron chi connectivity index (χ3n) is 4.39. The van der Waals surface area contributed by atoms with Crippen LogP contribution in [-0.4, -0.2) is 31.3 Å². The SMILES string of the molecule is CCN(Cc1ccc2c(c1)OCO2)C(=O)CCc1ccc(OC)c(Br)c1. The summed E-state index contributed by atoms with van der Waals surface area (Å²) in [6, 6.07) is 11.7. The summed E-state index contributed by atoms with van der Waals surface area (Å²) in [5, 5.41) is 0. The van der Waals surface area contributed by atoms with Crippen LogP contribution in [0, 0.1) is 0 Å². The second-order valence-corrected chi connectivity index (χ2v) is 6.92. The Balaban J connectivity index is 1.59. The molecule has 0 radical (unpaired) electrons. The summed E-state index contributed by atoms with van der Waals surface area (Å²) in [7, 11) is 1.64. The molecular weight excluding hydrogens is 398 g/mol. The number of carbonyl (C=O) groups is 1. The zero-order valence-corrected chi connectivity index (χ0v) is 16.5. The van der Waals surface area contributed by atoms with Gasteiger partial charge in [0.2, 0.25) is 12.7 Å². The highest BCUT2D eigenvalue weighted by molar-refractivity contribution is 9.10. The van der Waals surface area contributed by atoms with Crippen LogP contribution in [0.15, 0.2) is 40.9 Å². The van der Waals surface area contributed by atoms with E-state index in [9.17, 15) is 4.79 Å². The van der Waals surface area contributed by atoms with Crippen molar-refractivity contribution in [1.82, 2.24) is 4.90 Å². The second kappa shape index (κ2) is 8.45. The van der Waals surface area contributed by atoms with E-state index in [0.29, 0.717) is 25.9 Å². The highest BCUT2D eigenvalue weighted by Crippen LogP contribution is 2.33. The lowest BCUT2D eigenvalue weighted by molar-refractivity contribution is -0.131. The Hall–Kier alpha value is -2.21. The van der Waals surface area contributed by atoms with Crippen molar-refractivity contribution >= 4 is 21.8 Å². The van der Waals surface area contributed by atoms with Gasteiger partial charge in [-0.25, -0.2) is 0 Å². The number of ether oxygens (including phenoxy) is 3. The molecule has 138 valence electrons. The van der Waals surface area contributed by atoms with Crippen molar-refractivity contribution in [3.63, 3.8) is 0 Å². The van der Waals surface area contributed by atoms with Crippen LogP contribution in [0.4, 0.5) is 0 Å². The van der Waals surface area contributed by atoms with E-state index in [1.807, 2.05) is 48.2 Å². The van der Waals surface area contributed by atoms with Crippen molar-refractivity contribution in [3.8, 4) is 17.2 Å². The number of hydrogen-bond donors (Lipinski definition) is 0. The molecule has 2 aromatic carbocycles. The van der Waals surface area contributed by atoms with Crippen LogP contribution in [0.5, 0.6) is 17.2 Å². The molecule has 5 nitrogen and oxygen atoms in total. The summed E-state index contributed by atoms with van der Waals surface area (Å²) < 4.78 is 16.9. The first-order valence-corrected chi connectivity index (χ1v) is 9.38. The number of benzene rings is 2. The molecule has 0 aliphatic carbocycles. The maximum Gasteiger partial charge on any atom is 0.231 e. The number of halogens is 1. The maximum atomic E-state index is 12.6. The van der Waals surface area contributed by atoms with Gasteiger partial charge in [0.15, 0.2) is 11.5 Å². The quantitative estimate of drug-likeness (QED) is 0.675. The Morgan fingerprint density at radius 2 is 1.92 bits per heavy atom. The summed E-state index contributed by atoms with van der Waals surface area (Å²) in [6.45, 7) is 3.49. The molecular formula is C20H22BrNO4. The molecule has 3 rings (SSSR count). The van der Waals surface area contributed by atoms with Gasteiger partial charge < -0.3 is 19.1 Å². The summed E-state index contributed by atoms with van der Waals surface area (Å²) in [6.07, 6.45) is 1.16. The maximum absolute atomic E-state index is 12.6. The highest BCUT2D eigenvalue weighted by atomic mass is 79.9. The number of hydrogen-bond acceptors (Lipinski definition) is 4. The van der Waals surface area contributed by atoms with Gasteiger partial charge in [0, 0.05) is 19.5 Å². The summed E-state index contributed by atoms with van der Waals surface area (Å²) in [5.74, 6) is 2.43. The molecule has 0 saturated heterocycles. The van der Waals surface area contributed by atoms with E-state index in [2.05, 4.69) is 15.9 Å². The molecule has 0 spiro atoms. The molecule has 1 aliphatic heterocycles. The van der Waals surface area contributed by atoms with Crippen LogP contribution in [0.25, 0.3) is 0 Å². The average Bonchev–Trinajstić information content (AvgIpc) is 3.12. The Morgan fingerprint density at radius 3 is 2.65 bits per heavy atom. The highest BCUT2D eigenvalue weighted by Gasteiger charge is 2.17. The number of carbonyl (C=O) groups excluding carboxylic acids is 1. The van der Waals surface area contributed by atoms with Crippen molar-refractivity contribution in [2.24, 2.45) is 0 Å². The van der Waals surface area contributed by atoms with E-state index in [4.69, 9.17) is 14.2 Å². The standard InChI is InChI=1S/C20H22BrNO4/c1-3-22(12-15-5-8-18-19(11-15)26-13-25-18)20(23)9-6-14-4-7-17(24-2)16(21)10-14/h4-5,7-8,10-11H,3,6,9,12-13H2,1-2H3. The lowest BCUT2D eigenvalue weighted by atomic mass is 10.1. The monoisotopic (exact) mass is 419 g/mol. The molecule has 1 amide bonds. The van der Waals surface area contributed by atoms with Gasteiger partial charge in [0.1, 0.15) is 5.75 Å². The first kappa shape index (κ1) is 18.6. The first-order chi connectivity index (χ1) is 12.6. The van der Waals surface area contributed by atoms with E-state index in [0.717, 1.165) is 32.8 Å². The molecule has 0 N–H and O–H groups in total. The van der Waals surface area contributed by atoms with Crippen LogP contribution in [0.2, 0.25) is 0 Å². The van der Waals surface area contributed by atoms with Gasteiger partial charge >= 0.3 is 0 Å². The normalized spacial score (nSPS) is 12.1. The van der Waals surface area contributed by atoms with E-state index in [1.54, 1.807) is 7.11 Å². The van der Waals surface area contributed by atoms with Crippen molar-refractivity contribution in [3.05, 3.63) is 52.0 Å². The van der Waals surface area contributed by atoms with E-state index < -0.39 is 0 Å². The number of nitrogens with zero attached hydrogens (tertiary/aromatic N) is 1. The van der Waals surface area contributed by atoms with Crippen LogP contribution in [0.3, 0.4) is 0 Å². The largest absolute Gasteiger partial charge is 0.496 e. The lowest BCUT2D eigenvalue weighted by Gasteiger charge is -2.21. The van der Waals surface area contributed by atoms with Crippen molar-refractivity contribution in [2.75, 3.05) is 20.4 Å². The molecule has 0 bridgehead atoms. The first-order valence-electron chi connectivity index (χ1n) is 8.59. The molecule has 0 unspecified atom stereocenters. The fourth-order valence-corrected chi connectivity index (χ4v) is 3.50. The van der Waals surface area contributed by atoms with Gasteiger partial charge in [-0.15, -0.1) is 0 Å². The topological polar surface area (TPSA) is 48.0 Å². The zero-order valence-electron chi connectivity index (χ0n) is 15.0. The fourth-order valence-electron chi connectivity index (χ4n) is 2.91. The van der Waals surface area contributed by atoms with Crippen LogP contribution in [-0.2, 0) is 17.8 Å². The molecule has 26 heavy (non-hydrogen) atoms. The van der Waals surface area contributed by atoms with Gasteiger partial charge in [-0.1, -0.05) is 12.1 Å². The molecule has 0 aromatic heterocycles. The number of aryl methyl sites for hydroxylation is 1. The molecule has 1 aliphatic rings. The number of amides is 1. The van der Waals surface area contributed by atoms with Crippen LogP contribution >= 0.6 is 15.9 Å². The molecule has 0 saturated carbocycles. The van der Waals surface area contributed by atoms with Crippen molar-refractivity contribution < 1.29 is 19.0 Å². The molecule has 0 fully saturated rings. The van der Waals surface area contributed by atoms with Gasteiger partial charge in [0.05, 0.1) is 11.6 Å². The van der Waals surface area contributed by atoms with Gasteiger partial charge in [0.25, 0.3) is 0 Å². The van der Waals surface area contributed by atoms with Gasteiger partial charge in [-0.05, 0) is 64.7 Å². The van der Waals surface area contributed by atoms with Crippen LogP contribution < -0.4 is 14.2 Å². The Kier molecular flexibility index (Phi) is 6.04. The molecule has 6 heteroatoms. The Bertz CT molecular complexity index is 793.